The number of rotatable bonds is 5. The lowest BCUT2D eigenvalue weighted by atomic mass is 10.0. The third kappa shape index (κ3) is 5.61. The highest BCUT2D eigenvalue weighted by Gasteiger charge is 2.38. The van der Waals surface area contributed by atoms with Crippen molar-refractivity contribution in [2.24, 2.45) is 0 Å². The Balaban J connectivity index is 3.38. The fourth-order valence-electron chi connectivity index (χ4n) is 1.77. The quantitative estimate of drug-likeness (QED) is 0.539. The average molecular weight is 434 g/mol. The van der Waals surface area contributed by atoms with Crippen LogP contribution >= 0.6 is 15.9 Å². The first kappa shape index (κ1) is 21.2. The van der Waals surface area contributed by atoms with E-state index in [-0.39, 0.29) is 4.47 Å². The Morgan fingerprint density at radius 3 is 2.33 bits per heavy atom. The second kappa shape index (κ2) is 7.59. The predicted octanol–water partition coefficient (Wildman–Crippen LogP) is 4.17. The minimum atomic E-state index is -4.94. The molecule has 4 nitrogen and oxygen atoms in total. The topological polar surface area (TPSA) is 72.4 Å². The van der Waals surface area contributed by atoms with Crippen LogP contribution in [0.2, 0.25) is 0 Å². The monoisotopic (exact) mass is 433 g/mol. The van der Waals surface area contributed by atoms with Crippen molar-refractivity contribution in [3.63, 3.8) is 0 Å². The van der Waals surface area contributed by atoms with Crippen molar-refractivity contribution in [2.45, 2.75) is 44.2 Å². The van der Waals surface area contributed by atoms with Gasteiger partial charge in [-0.2, -0.15) is 13.2 Å². The van der Waals surface area contributed by atoms with Gasteiger partial charge in [0, 0.05) is 21.4 Å². The van der Waals surface area contributed by atoms with E-state index in [2.05, 4.69) is 20.7 Å². The second-order valence-corrected chi connectivity index (χ2v) is 8.92. The Morgan fingerprint density at radius 1 is 1.38 bits per heavy atom. The summed E-state index contributed by atoms with van der Waals surface area (Å²) in [7, 11) is 0. The maximum absolute atomic E-state index is 14.3. The Kier molecular flexibility index (Phi) is 6.70. The van der Waals surface area contributed by atoms with E-state index in [1.807, 2.05) is 0 Å². The van der Waals surface area contributed by atoms with E-state index in [1.165, 1.54) is 0 Å². The third-order valence-electron chi connectivity index (χ3n) is 2.93. The Hall–Kier alpha value is -0.840. The highest BCUT2D eigenvalue weighted by molar-refractivity contribution is 9.10. The number of carboxylic acids is 1. The molecule has 10 heteroatoms. The maximum atomic E-state index is 14.3. The van der Waals surface area contributed by atoms with Crippen molar-refractivity contribution in [1.82, 2.24) is 4.72 Å². The summed E-state index contributed by atoms with van der Waals surface area (Å²) in [4.78, 5) is 11.0. The van der Waals surface area contributed by atoms with Crippen LogP contribution in [0.5, 0.6) is 0 Å². The summed E-state index contributed by atoms with van der Waals surface area (Å²) in [5.74, 6) is -2.96. The first-order valence-electron chi connectivity index (χ1n) is 6.69. The number of benzene rings is 1. The van der Waals surface area contributed by atoms with Gasteiger partial charge in [0.15, 0.2) is 0 Å². The highest BCUT2D eigenvalue weighted by Crippen LogP contribution is 2.37. The van der Waals surface area contributed by atoms with Gasteiger partial charge >= 0.3 is 12.1 Å². The van der Waals surface area contributed by atoms with Gasteiger partial charge in [-0.1, -0.05) is 15.9 Å². The zero-order chi connectivity index (χ0) is 18.9. The Bertz CT molecular complexity index is 619. The van der Waals surface area contributed by atoms with Gasteiger partial charge in [-0.25, -0.2) is 4.39 Å². The van der Waals surface area contributed by atoms with Gasteiger partial charge in [0.2, 0.25) is 0 Å². The summed E-state index contributed by atoms with van der Waals surface area (Å²) in [5.41, 5.74) is -2.04. The number of aliphatic carboxylic acids is 1. The molecule has 2 atom stereocenters. The third-order valence-corrected chi connectivity index (χ3v) is 5.00. The van der Waals surface area contributed by atoms with E-state index in [9.17, 15) is 26.9 Å². The SMILES string of the molecule is CC(C)(C)[S+]([O-])N[C@@H](CC(=O)O)c1cc(Br)cc(C(F)(F)F)c1F. The number of carbonyl (C=O) groups is 1. The van der Waals surface area contributed by atoms with Crippen LogP contribution in [0.1, 0.15) is 44.4 Å². The fourth-order valence-corrected chi connectivity index (χ4v) is 3.06. The van der Waals surface area contributed by atoms with Crippen molar-refractivity contribution in [3.05, 3.63) is 33.5 Å². The number of carboxylic acid groups (broad SMARTS) is 1. The van der Waals surface area contributed by atoms with Crippen molar-refractivity contribution in [1.29, 1.82) is 0 Å². The molecule has 1 unspecified atom stereocenters. The van der Waals surface area contributed by atoms with Crippen LogP contribution in [0.3, 0.4) is 0 Å². The van der Waals surface area contributed by atoms with E-state index in [0.717, 1.165) is 6.07 Å². The molecule has 2 N–H and O–H groups in total. The fraction of sp³-hybridized carbons (Fsp3) is 0.500. The number of hydrogen-bond donors (Lipinski definition) is 2. The van der Waals surface area contributed by atoms with Crippen LogP contribution in [-0.4, -0.2) is 20.4 Å². The van der Waals surface area contributed by atoms with E-state index < -0.39 is 57.7 Å². The molecule has 0 aliphatic heterocycles. The number of halogens is 5. The molecule has 0 fully saturated rings. The Labute approximate surface area is 148 Å². The first-order chi connectivity index (χ1) is 10.7. The molecule has 1 rings (SSSR count). The molecule has 0 aliphatic carbocycles. The lowest BCUT2D eigenvalue weighted by Crippen LogP contribution is -2.42. The van der Waals surface area contributed by atoms with Crippen molar-refractivity contribution < 1.29 is 32.0 Å². The standard InChI is InChI=1S/C14H16BrF4NO3S/c1-13(2,3)24(23)20-10(6-11(21)22)8-4-7(15)5-9(12(8)16)14(17,18)19/h4-5,10,20H,6H2,1-3H3,(H,21,22)/t10-,24?/m0/s1. The molecular weight excluding hydrogens is 418 g/mol. The second-order valence-electron chi connectivity index (χ2n) is 6.00. The summed E-state index contributed by atoms with van der Waals surface area (Å²) in [6, 6.07) is 0.226. The molecule has 0 saturated carbocycles. The van der Waals surface area contributed by atoms with Gasteiger partial charge in [0.1, 0.15) is 10.6 Å². The van der Waals surface area contributed by atoms with Crippen LogP contribution < -0.4 is 4.72 Å². The Morgan fingerprint density at radius 2 is 1.92 bits per heavy atom. The van der Waals surface area contributed by atoms with E-state index in [0.29, 0.717) is 6.07 Å². The van der Waals surface area contributed by atoms with Crippen LogP contribution in [-0.2, 0) is 22.3 Å². The van der Waals surface area contributed by atoms with E-state index in [4.69, 9.17) is 5.11 Å². The zero-order valence-electron chi connectivity index (χ0n) is 13.0. The smallest absolute Gasteiger partial charge is 0.419 e. The number of alkyl halides is 3. The van der Waals surface area contributed by atoms with Crippen molar-refractivity contribution >= 4 is 33.3 Å². The normalized spacial score (nSPS) is 15.2. The van der Waals surface area contributed by atoms with Gasteiger partial charge in [0.25, 0.3) is 0 Å². The molecule has 0 aliphatic rings. The average Bonchev–Trinajstić information content (AvgIpc) is 2.37. The van der Waals surface area contributed by atoms with Gasteiger partial charge in [-0.05, 0) is 32.9 Å². The molecule has 0 radical (unpaired) electrons. The lowest BCUT2D eigenvalue weighted by Gasteiger charge is -2.28. The summed E-state index contributed by atoms with van der Waals surface area (Å²) in [5, 5.41) is 8.95. The highest BCUT2D eigenvalue weighted by atomic mass is 79.9. The van der Waals surface area contributed by atoms with Crippen LogP contribution in [0.25, 0.3) is 0 Å². The largest absolute Gasteiger partial charge is 0.598 e. The predicted molar refractivity (Wildman–Crippen MR) is 85.1 cm³/mol. The van der Waals surface area contributed by atoms with Gasteiger partial charge in [-0.15, -0.1) is 4.72 Å². The van der Waals surface area contributed by atoms with Gasteiger partial charge < -0.3 is 9.66 Å². The molecule has 0 heterocycles. The van der Waals surface area contributed by atoms with Gasteiger partial charge in [-0.3, -0.25) is 4.79 Å². The summed E-state index contributed by atoms with van der Waals surface area (Å²) < 4.78 is 66.8. The summed E-state index contributed by atoms with van der Waals surface area (Å²) in [6.07, 6.45) is -5.67. The zero-order valence-corrected chi connectivity index (χ0v) is 15.4. The molecule has 0 bridgehead atoms. The maximum Gasteiger partial charge on any atom is 0.419 e. The summed E-state index contributed by atoms with van der Waals surface area (Å²) in [6.45, 7) is 4.77. The number of hydrogen-bond acceptors (Lipinski definition) is 3. The first-order valence-corrected chi connectivity index (χ1v) is 8.63. The van der Waals surface area contributed by atoms with Crippen molar-refractivity contribution in [3.8, 4) is 0 Å². The lowest BCUT2D eigenvalue weighted by molar-refractivity contribution is -0.140. The van der Waals surface area contributed by atoms with Crippen LogP contribution in [0.15, 0.2) is 16.6 Å². The van der Waals surface area contributed by atoms with E-state index >= 15 is 0 Å². The molecule has 1 aromatic carbocycles. The van der Waals surface area contributed by atoms with Gasteiger partial charge in [0.05, 0.1) is 18.0 Å². The summed E-state index contributed by atoms with van der Waals surface area (Å²) >= 11 is 1.06. The molecular formula is C14H16BrF4NO3S. The molecule has 0 spiro atoms. The van der Waals surface area contributed by atoms with Crippen LogP contribution in [0, 0.1) is 5.82 Å². The molecule has 1 aromatic rings. The number of nitrogens with one attached hydrogen (secondary N) is 1. The minimum absolute atomic E-state index is 0.0649. The van der Waals surface area contributed by atoms with Crippen LogP contribution in [0.4, 0.5) is 17.6 Å². The molecule has 0 aromatic heterocycles. The molecule has 0 saturated heterocycles. The minimum Gasteiger partial charge on any atom is -0.598 e. The molecule has 24 heavy (non-hydrogen) atoms. The molecule has 0 amide bonds. The molecule has 136 valence electrons. The van der Waals surface area contributed by atoms with Crippen molar-refractivity contribution in [2.75, 3.05) is 0 Å². The van der Waals surface area contributed by atoms with E-state index in [1.54, 1.807) is 20.8 Å².